The summed E-state index contributed by atoms with van der Waals surface area (Å²) < 4.78 is 42.8. The molecule has 0 radical (unpaired) electrons. The summed E-state index contributed by atoms with van der Waals surface area (Å²) in [6.45, 7) is 0.199. The van der Waals surface area contributed by atoms with Gasteiger partial charge in [0.25, 0.3) is 0 Å². The van der Waals surface area contributed by atoms with E-state index >= 15 is 0 Å². The minimum atomic E-state index is -3.94. The quantitative estimate of drug-likeness (QED) is 0.477. The molecule has 1 aliphatic rings. The molecular weight excluding hydrogens is 436 g/mol. The summed E-state index contributed by atoms with van der Waals surface area (Å²) in [6, 6.07) is 12.3. The first-order valence-corrected chi connectivity index (χ1v) is 11.2. The lowest BCUT2D eigenvalue weighted by molar-refractivity contribution is -0.140. The van der Waals surface area contributed by atoms with Crippen LogP contribution in [0, 0.1) is 17.2 Å². The number of piperidine rings is 1. The maximum absolute atomic E-state index is 13.1. The number of sulfonamides is 1. The lowest BCUT2D eigenvalue weighted by atomic mass is 9.98. The summed E-state index contributed by atoms with van der Waals surface area (Å²) in [4.78, 5) is 24.5. The number of hydrogen-bond acceptors (Lipinski definition) is 8. The van der Waals surface area contributed by atoms with E-state index in [2.05, 4.69) is 4.74 Å². The van der Waals surface area contributed by atoms with Gasteiger partial charge in [0.05, 0.1) is 42.2 Å². The van der Waals surface area contributed by atoms with Crippen LogP contribution >= 0.6 is 0 Å². The van der Waals surface area contributed by atoms with Gasteiger partial charge >= 0.3 is 11.9 Å². The van der Waals surface area contributed by atoms with E-state index in [1.54, 1.807) is 6.07 Å². The van der Waals surface area contributed by atoms with Gasteiger partial charge in [-0.1, -0.05) is 12.1 Å². The minimum Gasteiger partial charge on any atom is -0.493 e. The van der Waals surface area contributed by atoms with Crippen LogP contribution in [0.2, 0.25) is 0 Å². The molecule has 0 unspecified atom stereocenters. The third kappa shape index (κ3) is 4.74. The molecule has 1 fully saturated rings. The molecule has 1 heterocycles. The molecule has 1 saturated heterocycles. The summed E-state index contributed by atoms with van der Waals surface area (Å²) in [6.07, 6.45) is 0.522. The van der Waals surface area contributed by atoms with Crippen LogP contribution in [0.4, 0.5) is 0 Å². The normalized spacial score (nSPS) is 14.9. The molecule has 0 bridgehead atoms. The fourth-order valence-electron chi connectivity index (χ4n) is 3.45. The Morgan fingerprint density at radius 3 is 2.38 bits per heavy atom. The summed E-state index contributed by atoms with van der Waals surface area (Å²) >= 11 is 0. The van der Waals surface area contributed by atoms with E-state index in [0.717, 1.165) is 0 Å². The zero-order valence-electron chi connectivity index (χ0n) is 17.6. The van der Waals surface area contributed by atoms with Crippen molar-refractivity contribution in [3.63, 3.8) is 0 Å². The fourth-order valence-corrected chi connectivity index (χ4v) is 5.10. The van der Waals surface area contributed by atoms with E-state index in [1.807, 2.05) is 6.07 Å². The van der Waals surface area contributed by atoms with Gasteiger partial charge in [-0.2, -0.15) is 9.57 Å². The van der Waals surface area contributed by atoms with Crippen molar-refractivity contribution in [1.29, 1.82) is 5.26 Å². The molecule has 0 atom stereocenters. The van der Waals surface area contributed by atoms with Gasteiger partial charge in [0.2, 0.25) is 10.0 Å². The molecule has 10 heteroatoms. The average molecular weight is 458 g/mol. The number of methoxy groups -OCH3 is 2. The third-order valence-corrected chi connectivity index (χ3v) is 7.16. The monoisotopic (exact) mass is 458 g/mol. The second-order valence-corrected chi connectivity index (χ2v) is 8.97. The van der Waals surface area contributed by atoms with Crippen LogP contribution in [0.15, 0.2) is 47.4 Å². The molecule has 168 valence electrons. The maximum Gasteiger partial charge on any atom is 0.339 e. The van der Waals surface area contributed by atoms with Crippen molar-refractivity contribution in [2.45, 2.75) is 17.7 Å². The van der Waals surface area contributed by atoms with Gasteiger partial charge < -0.3 is 14.2 Å². The molecule has 2 aromatic carbocycles. The van der Waals surface area contributed by atoms with Crippen molar-refractivity contribution < 1.29 is 32.2 Å². The Labute approximate surface area is 186 Å². The Bertz CT molecular complexity index is 1160. The Balaban J connectivity index is 1.70. The van der Waals surface area contributed by atoms with Crippen LogP contribution in [-0.4, -0.2) is 52.0 Å². The van der Waals surface area contributed by atoms with Gasteiger partial charge in [0.1, 0.15) is 0 Å². The van der Waals surface area contributed by atoms with E-state index in [-0.39, 0.29) is 47.9 Å². The minimum absolute atomic E-state index is 0.0376. The smallest absolute Gasteiger partial charge is 0.339 e. The molecule has 32 heavy (non-hydrogen) atoms. The molecule has 0 N–H and O–H groups in total. The largest absolute Gasteiger partial charge is 0.493 e. The first-order valence-electron chi connectivity index (χ1n) is 9.79. The lowest BCUT2D eigenvalue weighted by Crippen LogP contribution is -2.41. The van der Waals surface area contributed by atoms with Crippen molar-refractivity contribution in [2.75, 3.05) is 27.3 Å². The summed E-state index contributed by atoms with van der Waals surface area (Å²) in [5, 5.41) is 8.98. The van der Waals surface area contributed by atoms with Crippen LogP contribution in [0.5, 0.6) is 11.5 Å². The summed E-state index contributed by atoms with van der Waals surface area (Å²) in [5.41, 5.74) is 0.330. The van der Waals surface area contributed by atoms with Crippen LogP contribution < -0.4 is 9.47 Å². The maximum atomic E-state index is 13.1. The van der Waals surface area contributed by atoms with Crippen molar-refractivity contribution in [1.82, 2.24) is 4.31 Å². The molecular formula is C22H22N2O7S. The van der Waals surface area contributed by atoms with E-state index in [4.69, 9.17) is 14.7 Å². The number of esters is 2. The SMILES string of the molecule is COC(=O)c1ccccc1S(=O)(=O)N1CCC(C(=O)Oc2ccc(C#N)cc2OC)CC1. The van der Waals surface area contributed by atoms with E-state index < -0.39 is 27.9 Å². The number of carbonyl (C=O) groups is 2. The highest BCUT2D eigenvalue weighted by atomic mass is 32.2. The van der Waals surface area contributed by atoms with Gasteiger partial charge in [-0.3, -0.25) is 4.79 Å². The van der Waals surface area contributed by atoms with E-state index in [0.29, 0.717) is 5.56 Å². The Morgan fingerprint density at radius 1 is 1.06 bits per heavy atom. The average Bonchev–Trinajstić information content (AvgIpc) is 2.83. The number of ether oxygens (including phenoxy) is 3. The van der Waals surface area contributed by atoms with Gasteiger partial charge in [-0.15, -0.1) is 0 Å². The van der Waals surface area contributed by atoms with Gasteiger partial charge in [0.15, 0.2) is 11.5 Å². The summed E-state index contributed by atoms with van der Waals surface area (Å²) in [7, 11) is -1.35. The summed E-state index contributed by atoms with van der Waals surface area (Å²) in [5.74, 6) is -1.29. The molecule has 2 aromatic rings. The van der Waals surface area contributed by atoms with Gasteiger partial charge in [-0.25, -0.2) is 13.2 Å². The molecule has 0 aliphatic carbocycles. The Kier molecular flexibility index (Phi) is 7.12. The topological polar surface area (TPSA) is 123 Å². The van der Waals surface area contributed by atoms with Crippen LogP contribution in [0.25, 0.3) is 0 Å². The van der Waals surface area contributed by atoms with Crippen LogP contribution in [-0.2, 0) is 19.6 Å². The predicted molar refractivity (Wildman–Crippen MR) is 113 cm³/mol. The second-order valence-electron chi connectivity index (χ2n) is 7.06. The van der Waals surface area contributed by atoms with Gasteiger partial charge in [-0.05, 0) is 37.1 Å². The molecule has 3 rings (SSSR count). The zero-order chi connectivity index (χ0) is 23.3. The molecule has 0 spiro atoms. The van der Waals surface area contributed by atoms with E-state index in [1.165, 1.54) is 54.9 Å². The highest BCUT2D eigenvalue weighted by molar-refractivity contribution is 7.89. The number of nitrogens with zero attached hydrogens (tertiary/aromatic N) is 2. The molecule has 1 aliphatic heterocycles. The fraction of sp³-hybridized carbons (Fsp3) is 0.318. The van der Waals surface area contributed by atoms with E-state index in [9.17, 15) is 18.0 Å². The molecule has 0 amide bonds. The van der Waals surface area contributed by atoms with Crippen molar-refractivity contribution in [3.05, 3.63) is 53.6 Å². The van der Waals surface area contributed by atoms with Crippen molar-refractivity contribution in [2.24, 2.45) is 5.92 Å². The number of nitriles is 1. The second kappa shape index (κ2) is 9.80. The first kappa shape index (κ1) is 23.2. The van der Waals surface area contributed by atoms with Crippen molar-refractivity contribution >= 4 is 22.0 Å². The number of benzene rings is 2. The van der Waals surface area contributed by atoms with Crippen molar-refractivity contribution in [3.8, 4) is 17.6 Å². The molecule has 0 saturated carbocycles. The number of carbonyl (C=O) groups excluding carboxylic acids is 2. The Morgan fingerprint density at radius 2 is 1.75 bits per heavy atom. The standard InChI is InChI=1S/C22H22N2O7S/c1-29-19-13-15(14-23)7-8-18(19)31-21(25)16-9-11-24(12-10-16)32(27,28)20-6-4-3-5-17(20)22(26)30-2/h3-8,13,16H,9-12H2,1-2H3. The van der Waals surface area contributed by atoms with Gasteiger partial charge in [0, 0.05) is 19.2 Å². The highest BCUT2D eigenvalue weighted by Crippen LogP contribution is 2.31. The number of hydrogen-bond donors (Lipinski definition) is 0. The zero-order valence-corrected chi connectivity index (χ0v) is 18.4. The lowest BCUT2D eigenvalue weighted by Gasteiger charge is -2.30. The predicted octanol–water partition coefficient (Wildman–Crippen LogP) is 2.36. The highest BCUT2D eigenvalue weighted by Gasteiger charge is 2.35. The molecule has 9 nitrogen and oxygen atoms in total. The van der Waals surface area contributed by atoms with Crippen LogP contribution in [0.1, 0.15) is 28.8 Å². The first-order chi connectivity index (χ1) is 15.3. The third-order valence-electron chi connectivity index (χ3n) is 5.20. The van der Waals surface area contributed by atoms with Crippen LogP contribution in [0.3, 0.4) is 0 Å². The Hall–Kier alpha value is -3.42. The number of rotatable bonds is 6. The molecule has 0 aromatic heterocycles.